The average molecular weight is 339 g/mol. The third kappa shape index (κ3) is 7.21. The lowest BCUT2D eigenvalue weighted by Crippen LogP contribution is -2.19. The molecule has 1 atom stereocenters. The Morgan fingerprint density at radius 3 is 2.24 bits per heavy atom. The van der Waals surface area contributed by atoms with Crippen molar-refractivity contribution >= 4 is 12.2 Å². The number of benzene rings is 2. The molecule has 1 N–H and O–H groups in total. The Morgan fingerprint density at radius 1 is 0.960 bits per heavy atom. The van der Waals surface area contributed by atoms with Crippen LogP contribution in [0.5, 0.6) is 0 Å². The number of hydrogen-bond donors (Lipinski definition) is 1. The number of carbonyl (C=O) groups is 1. The molecule has 0 aliphatic heterocycles. The van der Waals surface area contributed by atoms with Gasteiger partial charge in [0.1, 0.15) is 6.61 Å². The Bertz CT molecular complexity index is 641. The summed E-state index contributed by atoms with van der Waals surface area (Å²) in [5.74, 6) is -0.838. The quantitative estimate of drug-likeness (QED) is 0.226. The molecule has 0 aliphatic rings. The first kappa shape index (κ1) is 18.7. The first-order valence-corrected chi connectivity index (χ1v) is 8.71. The van der Waals surface area contributed by atoms with Gasteiger partial charge in [0.2, 0.25) is 0 Å². The standard InChI is InChI=1S/C21H25NO3/c23-21(25-17-19-13-7-2-8-14-19)20(16-22-24)15-9-3-6-12-18-10-4-1-5-11-18/h1-2,4-5,7-8,10-11,13-14,16,20,24H,3,6,9,12,15,17H2/b22-16-. The minimum absolute atomic E-state index is 0.240. The molecule has 0 aliphatic carbocycles. The second-order valence-electron chi connectivity index (χ2n) is 6.05. The molecule has 4 heteroatoms. The van der Waals surface area contributed by atoms with E-state index in [1.54, 1.807) is 0 Å². The number of nitrogens with zero attached hydrogens (tertiary/aromatic N) is 1. The third-order valence-corrected chi connectivity index (χ3v) is 4.10. The summed E-state index contributed by atoms with van der Waals surface area (Å²) in [5, 5.41) is 11.8. The van der Waals surface area contributed by atoms with Crippen LogP contribution in [0.4, 0.5) is 0 Å². The van der Waals surface area contributed by atoms with Gasteiger partial charge in [0.25, 0.3) is 0 Å². The summed E-state index contributed by atoms with van der Waals surface area (Å²) in [6.07, 6.45) is 5.93. The number of ether oxygens (including phenoxy) is 1. The minimum Gasteiger partial charge on any atom is -0.460 e. The van der Waals surface area contributed by atoms with E-state index in [2.05, 4.69) is 17.3 Å². The summed E-state index contributed by atoms with van der Waals surface area (Å²) in [4.78, 5) is 12.2. The molecule has 0 amide bonds. The Balaban J connectivity index is 1.69. The topological polar surface area (TPSA) is 58.9 Å². The molecule has 4 nitrogen and oxygen atoms in total. The van der Waals surface area contributed by atoms with Crippen LogP contribution in [0.3, 0.4) is 0 Å². The normalized spacial score (nSPS) is 12.2. The molecule has 2 aromatic rings. The second-order valence-corrected chi connectivity index (χ2v) is 6.05. The summed E-state index contributed by atoms with van der Waals surface area (Å²) in [6.45, 7) is 0.240. The number of rotatable bonds is 10. The molecule has 0 saturated heterocycles. The van der Waals surface area contributed by atoms with E-state index >= 15 is 0 Å². The molecule has 1 unspecified atom stereocenters. The average Bonchev–Trinajstić information content (AvgIpc) is 2.66. The molecular formula is C21H25NO3. The van der Waals surface area contributed by atoms with E-state index in [0.717, 1.165) is 31.2 Å². The highest BCUT2D eigenvalue weighted by Gasteiger charge is 2.18. The highest BCUT2D eigenvalue weighted by atomic mass is 16.5. The monoisotopic (exact) mass is 339 g/mol. The van der Waals surface area contributed by atoms with Crippen LogP contribution < -0.4 is 0 Å². The second kappa shape index (κ2) is 11.0. The fourth-order valence-electron chi connectivity index (χ4n) is 2.68. The number of esters is 1. The van der Waals surface area contributed by atoms with Crippen LogP contribution in [-0.2, 0) is 22.6 Å². The Labute approximate surface area is 149 Å². The van der Waals surface area contributed by atoms with Crippen molar-refractivity contribution in [3.8, 4) is 0 Å². The maximum Gasteiger partial charge on any atom is 0.314 e. The lowest BCUT2D eigenvalue weighted by atomic mass is 10.0. The maximum absolute atomic E-state index is 12.2. The lowest BCUT2D eigenvalue weighted by Gasteiger charge is -2.11. The fourth-order valence-corrected chi connectivity index (χ4v) is 2.68. The summed E-state index contributed by atoms with van der Waals surface area (Å²) in [6, 6.07) is 19.9. The molecule has 2 rings (SSSR count). The van der Waals surface area contributed by atoms with Crippen molar-refractivity contribution in [1.82, 2.24) is 0 Å². The molecule has 2 aromatic carbocycles. The van der Waals surface area contributed by atoms with Crippen LogP contribution in [0, 0.1) is 5.92 Å². The smallest absolute Gasteiger partial charge is 0.314 e. The first-order chi connectivity index (χ1) is 12.3. The summed E-state index contributed by atoms with van der Waals surface area (Å²) < 4.78 is 5.33. The number of carbonyl (C=O) groups excluding carboxylic acids is 1. The predicted octanol–water partition coefficient (Wildman–Crippen LogP) is 4.61. The van der Waals surface area contributed by atoms with Crippen LogP contribution in [0.25, 0.3) is 0 Å². The zero-order chi connectivity index (χ0) is 17.7. The van der Waals surface area contributed by atoms with Gasteiger partial charge >= 0.3 is 5.97 Å². The van der Waals surface area contributed by atoms with E-state index < -0.39 is 5.92 Å². The van der Waals surface area contributed by atoms with E-state index in [4.69, 9.17) is 9.94 Å². The molecule has 0 bridgehead atoms. The van der Waals surface area contributed by atoms with Crippen molar-refractivity contribution in [2.45, 2.75) is 38.7 Å². The zero-order valence-electron chi connectivity index (χ0n) is 14.4. The minimum atomic E-state index is -0.495. The van der Waals surface area contributed by atoms with E-state index in [-0.39, 0.29) is 12.6 Å². The zero-order valence-corrected chi connectivity index (χ0v) is 14.4. The molecule has 0 radical (unpaired) electrons. The Morgan fingerprint density at radius 2 is 1.60 bits per heavy atom. The van der Waals surface area contributed by atoms with Gasteiger partial charge < -0.3 is 9.94 Å². The fraction of sp³-hybridized carbons (Fsp3) is 0.333. The number of oxime groups is 1. The van der Waals surface area contributed by atoms with Crippen molar-refractivity contribution in [2.75, 3.05) is 0 Å². The highest BCUT2D eigenvalue weighted by molar-refractivity contribution is 5.89. The van der Waals surface area contributed by atoms with Crippen LogP contribution in [0.15, 0.2) is 65.8 Å². The van der Waals surface area contributed by atoms with Crippen molar-refractivity contribution in [3.05, 3.63) is 71.8 Å². The van der Waals surface area contributed by atoms with Gasteiger partial charge in [0.05, 0.1) is 12.1 Å². The van der Waals surface area contributed by atoms with Gasteiger partial charge in [-0.1, -0.05) is 73.5 Å². The van der Waals surface area contributed by atoms with Crippen molar-refractivity contribution in [1.29, 1.82) is 0 Å². The van der Waals surface area contributed by atoms with Crippen LogP contribution in [-0.4, -0.2) is 17.4 Å². The van der Waals surface area contributed by atoms with E-state index in [0.29, 0.717) is 6.42 Å². The molecule has 0 spiro atoms. The van der Waals surface area contributed by atoms with Gasteiger partial charge in [-0.2, -0.15) is 0 Å². The predicted molar refractivity (Wildman–Crippen MR) is 98.6 cm³/mol. The SMILES string of the molecule is O=C(OCc1ccccc1)C(/C=N\O)CCCCCc1ccccc1. The van der Waals surface area contributed by atoms with E-state index in [1.165, 1.54) is 11.8 Å². The van der Waals surface area contributed by atoms with Gasteiger partial charge in [0.15, 0.2) is 0 Å². The van der Waals surface area contributed by atoms with Crippen molar-refractivity contribution in [3.63, 3.8) is 0 Å². The Hall–Kier alpha value is -2.62. The molecule has 132 valence electrons. The molecule has 0 aromatic heterocycles. The molecular weight excluding hydrogens is 314 g/mol. The third-order valence-electron chi connectivity index (χ3n) is 4.10. The van der Waals surface area contributed by atoms with Crippen LogP contribution >= 0.6 is 0 Å². The summed E-state index contributed by atoms with van der Waals surface area (Å²) in [5.41, 5.74) is 2.27. The van der Waals surface area contributed by atoms with Gasteiger partial charge in [-0.15, -0.1) is 5.16 Å². The van der Waals surface area contributed by atoms with E-state index in [9.17, 15) is 4.79 Å². The first-order valence-electron chi connectivity index (χ1n) is 8.71. The maximum atomic E-state index is 12.2. The van der Waals surface area contributed by atoms with Crippen LogP contribution in [0.2, 0.25) is 0 Å². The molecule has 0 fully saturated rings. The number of hydrogen-bond acceptors (Lipinski definition) is 4. The van der Waals surface area contributed by atoms with Gasteiger partial charge in [-0.25, -0.2) is 0 Å². The summed E-state index contributed by atoms with van der Waals surface area (Å²) in [7, 11) is 0. The molecule has 0 heterocycles. The van der Waals surface area contributed by atoms with Gasteiger partial charge in [0, 0.05) is 0 Å². The van der Waals surface area contributed by atoms with Crippen molar-refractivity contribution in [2.24, 2.45) is 11.1 Å². The number of aryl methyl sites for hydroxylation is 1. The Kier molecular flexibility index (Phi) is 8.25. The molecule has 0 saturated carbocycles. The van der Waals surface area contributed by atoms with E-state index in [1.807, 2.05) is 48.5 Å². The van der Waals surface area contributed by atoms with Gasteiger partial charge in [-0.3, -0.25) is 4.79 Å². The largest absolute Gasteiger partial charge is 0.460 e. The highest BCUT2D eigenvalue weighted by Crippen LogP contribution is 2.14. The lowest BCUT2D eigenvalue weighted by molar-refractivity contribution is -0.147. The van der Waals surface area contributed by atoms with Crippen molar-refractivity contribution < 1.29 is 14.7 Å². The number of unbranched alkanes of at least 4 members (excludes halogenated alkanes) is 2. The summed E-state index contributed by atoms with van der Waals surface area (Å²) >= 11 is 0. The van der Waals surface area contributed by atoms with Gasteiger partial charge in [-0.05, 0) is 30.4 Å². The van der Waals surface area contributed by atoms with Crippen LogP contribution in [0.1, 0.15) is 36.8 Å². The molecule has 25 heavy (non-hydrogen) atoms.